The first-order valence-electron chi connectivity index (χ1n) is 8.93. The van der Waals surface area contributed by atoms with E-state index in [1.54, 1.807) is 0 Å². The second-order valence-corrected chi connectivity index (χ2v) is 8.15. The number of ether oxygens (including phenoxy) is 1. The van der Waals surface area contributed by atoms with Crippen molar-refractivity contribution in [2.24, 2.45) is 5.92 Å². The summed E-state index contributed by atoms with van der Waals surface area (Å²) in [6.07, 6.45) is 5.84. The molecule has 3 heteroatoms. The lowest BCUT2D eigenvalue weighted by Crippen LogP contribution is -2.64. The van der Waals surface area contributed by atoms with Crippen LogP contribution in [0.4, 0.5) is 0 Å². The topological polar surface area (TPSA) is 32.7 Å². The molecular weight excluding hydrogens is 286 g/mol. The van der Waals surface area contributed by atoms with E-state index in [9.17, 15) is 5.11 Å². The average molecular weight is 311 g/mol. The molecule has 2 aliphatic heterocycles. The summed E-state index contributed by atoms with van der Waals surface area (Å²) in [6.45, 7) is 5.55. The zero-order valence-corrected chi connectivity index (χ0v) is 14.1. The van der Waals surface area contributed by atoms with Crippen LogP contribution in [0.2, 0.25) is 0 Å². The number of aliphatic hydroxyl groups excluding tert-OH is 1. The third-order valence-electron chi connectivity index (χ3n) is 6.82. The van der Waals surface area contributed by atoms with Gasteiger partial charge in [0.2, 0.25) is 0 Å². The van der Waals surface area contributed by atoms with Crippen LogP contribution >= 0.6 is 0 Å². The summed E-state index contributed by atoms with van der Waals surface area (Å²) in [5, 5.41) is 10.7. The van der Waals surface area contributed by atoms with E-state index in [-0.39, 0.29) is 11.5 Å². The van der Waals surface area contributed by atoms with Crippen LogP contribution in [0.25, 0.3) is 0 Å². The van der Waals surface area contributed by atoms with Gasteiger partial charge in [0, 0.05) is 22.9 Å². The summed E-state index contributed by atoms with van der Waals surface area (Å²) in [7, 11) is 2.25. The summed E-state index contributed by atoms with van der Waals surface area (Å²) in [4.78, 5) is 2.51. The third kappa shape index (κ3) is 1.53. The summed E-state index contributed by atoms with van der Waals surface area (Å²) >= 11 is 0. The van der Waals surface area contributed by atoms with Gasteiger partial charge in [-0.1, -0.05) is 38.1 Å². The molecule has 0 radical (unpaired) electrons. The molecule has 0 aromatic heterocycles. The van der Waals surface area contributed by atoms with E-state index in [1.807, 2.05) is 6.08 Å². The van der Waals surface area contributed by atoms with Gasteiger partial charge in [-0.25, -0.2) is 0 Å². The molecule has 5 rings (SSSR count). The number of likely N-dealkylation sites (tertiary alicyclic amines) is 1. The van der Waals surface area contributed by atoms with Gasteiger partial charge in [0.25, 0.3) is 0 Å². The molecule has 1 aromatic rings. The van der Waals surface area contributed by atoms with Crippen LogP contribution in [0, 0.1) is 5.92 Å². The first-order chi connectivity index (χ1) is 11.0. The van der Waals surface area contributed by atoms with E-state index in [0.717, 1.165) is 25.1 Å². The van der Waals surface area contributed by atoms with Crippen LogP contribution in [-0.4, -0.2) is 41.8 Å². The molecule has 0 saturated carbocycles. The minimum Gasteiger partial charge on any atom is -0.486 e. The Bertz CT molecular complexity index is 710. The standard InChI is InChI=1S/C20H25NO2/c1-11(2)13-5-4-12-10-15-14-6-7-16(22)19-20(14,8-9-21(15)3)17(12)18(13)23-19/h4-7,11,14-16,19,22H,8-10H2,1-3H3/t14-,15+,16-,19-,20-/m0/s1. The predicted molar refractivity (Wildman–Crippen MR) is 90.0 cm³/mol. The fourth-order valence-corrected chi connectivity index (χ4v) is 5.73. The Hall–Kier alpha value is -1.32. The Kier molecular flexibility index (Phi) is 2.69. The summed E-state index contributed by atoms with van der Waals surface area (Å²) < 4.78 is 6.50. The highest BCUT2D eigenvalue weighted by atomic mass is 16.5. The monoisotopic (exact) mass is 311 g/mol. The number of aliphatic hydroxyl groups is 1. The van der Waals surface area contributed by atoms with Crippen LogP contribution in [-0.2, 0) is 11.8 Å². The van der Waals surface area contributed by atoms with Gasteiger partial charge in [-0.05, 0) is 43.5 Å². The van der Waals surface area contributed by atoms with E-state index in [1.165, 1.54) is 16.7 Å². The van der Waals surface area contributed by atoms with Gasteiger partial charge in [0.15, 0.2) is 0 Å². The first kappa shape index (κ1) is 14.1. The average Bonchev–Trinajstić information content (AvgIpc) is 2.87. The van der Waals surface area contributed by atoms with Gasteiger partial charge in [0.1, 0.15) is 18.0 Å². The minimum atomic E-state index is -0.492. The van der Waals surface area contributed by atoms with Crippen molar-refractivity contribution in [1.29, 1.82) is 0 Å². The fraction of sp³-hybridized carbons (Fsp3) is 0.600. The Labute approximate surface area is 137 Å². The second-order valence-electron chi connectivity index (χ2n) is 8.15. The Balaban J connectivity index is 1.81. The van der Waals surface area contributed by atoms with Crippen molar-refractivity contribution < 1.29 is 9.84 Å². The lowest BCUT2D eigenvalue weighted by Gasteiger charge is -2.56. The molecule has 1 saturated heterocycles. The van der Waals surface area contributed by atoms with Gasteiger partial charge in [-0.2, -0.15) is 0 Å². The normalized spacial score (nSPS) is 40.2. The third-order valence-corrected chi connectivity index (χ3v) is 6.82. The van der Waals surface area contributed by atoms with Gasteiger partial charge in [0.05, 0.1) is 0 Å². The summed E-state index contributed by atoms with van der Waals surface area (Å²) in [5.74, 6) is 2.00. The maximum atomic E-state index is 10.7. The highest BCUT2D eigenvalue weighted by molar-refractivity contribution is 5.60. The molecule has 0 amide bonds. The van der Waals surface area contributed by atoms with Crippen molar-refractivity contribution >= 4 is 0 Å². The smallest absolute Gasteiger partial charge is 0.138 e. The number of piperidine rings is 1. The van der Waals surface area contributed by atoms with Gasteiger partial charge in [-0.3, -0.25) is 0 Å². The molecule has 2 aliphatic carbocycles. The van der Waals surface area contributed by atoms with Crippen molar-refractivity contribution in [3.8, 4) is 5.75 Å². The maximum Gasteiger partial charge on any atom is 0.138 e. The SMILES string of the molecule is CC(C)c1ccc2c3c1O[C@H]1[C@@H](O)C=C[C@H]4[C@@H](C2)N(C)CC[C@@]341. The second kappa shape index (κ2) is 4.40. The van der Waals surface area contributed by atoms with Crippen molar-refractivity contribution in [2.45, 2.75) is 56.3 Å². The number of hydrogen-bond donors (Lipinski definition) is 1. The molecule has 1 fully saturated rings. The zero-order valence-electron chi connectivity index (χ0n) is 14.1. The van der Waals surface area contributed by atoms with Crippen molar-refractivity contribution in [3.63, 3.8) is 0 Å². The molecule has 23 heavy (non-hydrogen) atoms. The van der Waals surface area contributed by atoms with Crippen LogP contribution in [0.5, 0.6) is 5.75 Å². The molecule has 1 aromatic carbocycles. The zero-order chi connectivity index (χ0) is 15.9. The molecule has 4 aliphatic rings. The molecule has 1 N–H and O–H groups in total. The van der Waals surface area contributed by atoms with Gasteiger partial charge in [-0.15, -0.1) is 0 Å². The number of benzene rings is 1. The maximum absolute atomic E-state index is 10.7. The highest BCUT2D eigenvalue weighted by Gasteiger charge is 2.63. The highest BCUT2D eigenvalue weighted by Crippen LogP contribution is 2.61. The minimum absolute atomic E-state index is 0.0147. The number of nitrogens with zero attached hydrogens (tertiary/aromatic N) is 1. The Morgan fingerprint density at radius 3 is 2.91 bits per heavy atom. The first-order valence-corrected chi connectivity index (χ1v) is 8.93. The van der Waals surface area contributed by atoms with Crippen molar-refractivity contribution in [3.05, 3.63) is 41.0 Å². The number of rotatable bonds is 1. The largest absolute Gasteiger partial charge is 0.486 e. The lowest BCUT2D eigenvalue weighted by atomic mass is 9.53. The summed E-state index contributed by atoms with van der Waals surface area (Å²) in [6, 6.07) is 5.11. The van der Waals surface area contributed by atoms with E-state index in [4.69, 9.17) is 4.74 Å². The van der Waals surface area contributed by atoms with E-state index >= 15 is 0 Å². The number of likely N-dealkylation sites (N-methyl/N-ethyl adjacent to an activating group) is 1. The quantitative estimate of drug-likeness (QED) is 0.809. The molecule has 2 heterocycles. The molecule has 122 valence electrons. The summed E-state index contributed by atoms with van der Waals surface area (Å²) in [5.41, 5.74) is 4.17. The van der Waals surface area contributed by atoms with Crippen LogP contribution in [0.1, 0.15) is 42.9 Å². The Morgan fingerprint density at radius 1 is 1.30 bits per heavy atom. The van der Waals surface area contributed by atoms with E-state index < -0.39 is 6.10 Å². The predicted octanol–water partition coefficient (Wildman–Crippen LogP) is 2.62. The molecule has 1 spiro atoms. The van der Waals surface area contributed by atoms with E-state index in [2.05, 4.69) is 44.0 Å². The van der Waals surface area contributed by atoms with Crippen LogP contribution in [0.3, 0.4) is 0 Å². The molecule has 3 nitrogen and oxygen atoms in total. The molecule has 5 atom stereocenters. The van der Waals surface area contributed by atoms with E-state index in [0.29, 0.717) is 17.9 Å². The molecular formula is C20H25NO2. The van der Waals surface area contributed by atoms with Crippen molar-refractivity contribution in [1.82, 2.24) is 4.90 Å². The van der Waals surface area contributed by atoms with Crippen molar-refractivity contribution in [2.75, 3.05) is 13.6 Å². The molecule has 2 bridgehead atoms. The fourth-order valence-electron chi connectivity index (χ4n) is 5.73. The van der Waals surface area contributed by atoms with Gasteiger partial charge >= 0.3 is 0 Å². The van der Waals surface area contributed by atoms with Gasteiger partial charge < -0.3 is 14.7 Å². The van der Waals surface area contributed by atoms with Crippen LogP contribution in [0.15, 0.2) is 24.3 Å². The molecule has 0 unspecified atom stereocenters. The Morgan fingerprint density at radius 2 is 2.13 bits per heavy atom. The lowest BCUT2D eigenvalue weighted by molar-refractivity contribution is -0.0452. The van der Waals surface area contributed by atoms with Crippen LogP contribution < -0.4 is 4.74 Å². The number of hydrogen-bond acceptors (Lipinski definition) is 3.